The minimum Gasteiger partial charge on any atom is -0.395 e. The molecule has 190 valence electrons. The molecule has 4 atom stereocenters. The summed E-state index contributed by atoms with van der Waals surface area (Å²) in [5.41, 5.74) is 1.24. The second kappa shape index (κ2) is 11.3. The second-order valence-electron chi connectivity index (χ2n) is 8.74. The van der Waals surface area contributed by atoms with Gasteiger partial charge in [0.15, 0.2) is 0 Å². The number of sulfonamides is 1. The van der Waals surface area contributed by atoms with Crippen LogP contribution in [0.5, 0.6) is 0 Å². The Morgan fingerprint density at radius 2 is 1.53 bits per heavy atom. The Balaban J connectivity index is 1.70. The maximum Gasteiger partial charge on any atom is 0.253 e. The van der Waals surface area contributed by atoms with Crippen molar-refractivity contribution in [3.63, 3.8) is 0 Å². The number of likely N-dealkylation sites (N-methyl/N-ethyl adjacent to an activating group) is 1. The summed E-state index contributed by atoms with van der Waals surface area (Å²) in [6.07, 6.45) is -2.33. The van der Waals surface area contributed by atoms with Gasteiger partial charge in [-0.25, -0.2) is 8.42 Å². The van der Waals surface area contributed by atoms with Gasteiger partial charge in [0, 0.05) is 19.2 Å². The van der Waals surface area contributed by atoms with Crippen LogP contribution in [0.1, 0.15) is 15.9 Å². The van der Waals surface area contributed by atoms with Crippen molar-refractivity contribution < 1.29 is 28.2 Å². The third-order valence-corrected chi connectivity index (χ3v) is 8.41. The van der Waals surface area contributed by atoms with E-state index >= 15 is 0 Å². The number of nitrogens with zero attached hydrogens (tertiary/aromatic N) is 2. The quantitative estimate of drug-likeness (QED) is 0.481. The topological polar surface area (TPSA) is 107 Å². The van der Waals surface area contributed by atoms with E-state index in [0.29, 0.717) is 5.56 Å². The second-order valence-corrected chi connectivity index (χ2v) is 10.6. The third-order valence-electron chi connectivity index (χ3n) is 6.51. The molecular weight excluding hydrogens is 480 g/mol. The molecule has 0 saturated carbocycles. The molecule has 8 nitrogen and oxygen atoms in total. The van der Waals surface area contributed by atoms with Crippen LogP contribution in [-0.4, -0.2) is 78.2 Å². The molecule has 1 saturated heterocycles. The normalized spacial score (nSPS) is 22.8. The fourth-order valence-corrected chi connectivity index (χ4v) is 6.16. The predicted octanol–water partition coefficient (Wildman–Crippen LogP) is 2.14. The molecule has 0 bridgehead atoms. The molecule has 36 heavy (non-hydrogen) atoms. The number of carbonyl (C=O) groups is 1. The Bertz CT molecular complexity index is 1240. The van der Waals surface area contributed by atoms with Crippen LogP contribution < -0.4 is 0 Å². The number of amides is 1. The van der Waals surface area contributed by atoms with E-state index in [0.717, 1.165) is 9.87 Å². The first-order chi connectivity index (χ1) is 17.3. The minimum absolute atomic E-state index is 0.0532. The van der Waals surface area contributed by atoms with E-state index in [1.54, 1.807) is 48.5 Å². The maximum absolute atomic E-state index is 13.7. The Morgan fingerprint density at radius 1 is 0.972 bits per heavy atom. The van der Waals surface area contributed by atoms with E-state index in [2.05, 4.69) is 0 Å². The number of ether oxygens (including phenoxy) is 1. The van der Waals surface area contributed by atoms with Crippen LogP contribution in [0.25, 0.3) is 0 Å². The average Bonchev–Trinajstić information content (AvgIpc) is 2.92. The first kappa shape index (κ1) is 26.0. The monoisotopic (exact) mass is 510 g/mol. The van der Waals surface area contributed by atoms with E-state index < -0.39 is 40.9 Å². The van der Waals surface area contributed by atoms with Gasteiger partial charge in [-0.05, 0) is 29.8 Å². The van der Waals surface area contributed by atoms with Crippen molar-refractivity contribution in [1.29, 1.82) is 0 Å². The van der Waals surface area contributed by atoms with Crippen molar-refractivity contribution in [1.82, 2.24) is 9.21 Å². The molecule has 0 aromatic heterocycles. The van der Waals surface area contributed by atoms with E-state index in [1.807, 2.05) is 30.3 Å². The van der Waals surface area contributed by atoms with Gasteiger partial charge in [0.1, 0.15) is 12.2 Å². The molecule has 1 aliphatic rings. The highest BCUT2D eigenvalue weighted by Gasteiger charge is 2.50. The molecule has 9 heteroatoms. The van der Waals surface area contributed by atoms with Crippen molar-refractivity contribution in [3.8, 4) is 0 Å². The first-order valence-electron chi connectivity index (χ1n) is 11.7. The zero-order valence-corrected chi connectivity index (χ0v) is 20.7. The van der Waals surface area contributed by atoms with E-state index in [4.69, 9.17) is 4.74 Å². The Hall–Kier alpha value is -3.08. The van der Waals surface area contributed by atoms with Crippen molar-refractivity contribution in [3.05, 3.63) is 102 Å². The van der Waals surface area contributed by atoms with Crippen molar-refractivity contribution in [2.45, 2.75) is 35.8 Å². The van der Waals surface area contributed by atoms with Crippen LogP contribution in [0.4, 0.5) is 0 Å². The summed E-state index contributed by atoms with van der Waals surface area (Å²) in [5.74, 6) is -0.360. The SMILES string of the molecule is CN(C(=O)c1ccccc1)[C@H]1CN(S(=O)(=O)c2ccccc2)[C@@H](CO)[C@@H](OCc2ccccc2)[C@H]1O. The molecule has 3 aromatic carbocycles. The highest BCUT2D eigenvalue weighted by atomic mass is 32.2. The van der Waals surface area contributed by atoms with Gasteiger partial charge in [-0.15, -0.1) is 0 Å². The van der Waals surface area contributed by atoms with Crippen molar-refractivity contribution >= 4 is 15.9 Å². The summed E-state index contributed by atoms with van der Waals surface area (Å²) < 4.78 is 34.5. The summed E-state index contributed by atoms with van der Waals surface area (Å²) in [5, 5.41) is 21.7. The number of benzene rings is 3. The molecule has 4 rings (SSSR count). The Labute approximate surface area is 211 Å². The maximum atomic E-state index is 13.7. The van der Waals surface area contributed by atoms with Crippen LogP contribution in [0.15, 0.2) is 95.9 Å². The molecular formula is C27H30N2O6S. The number of aliphatic hydroxyl groups is 2. The standard InChI is InChI=1S/C27H30N2O6S/c1-28(27(32)21-13-7-3-8-14-21)23-17-29(36(33,34)22-15-9-4-10-16-22)24(18-30)26(25(23)31)35-19-20-11-5-2-6-12-20/h2-16,23-26,30-31H,17-19H2,1H3/t23-,24-,25-,26+/m0/s1. The molecule has 1 fully saturated rings. The van der Waals surface area contributed by atoms with Crippen molar-refractivity contribution in [2.75, 3.05) is 20.2 Å². The number of carbonyl (C=O) groups excluding carboxylic acids is 1. The van der Waals surface area contributed by atoms with Gasteiger partial charge in [-0.1, -0.05) is 66.7 Å². The highest BCUT2D eigenvalue weighted by Crippen LogP contribution is 2.31. The van der Waals surface area contributed by atoms with Crippen LogP contribution in [0, 0.1) is 0 Å². The summed E-state index contributed by atoms with van der Waals surface area (Å²) in [6, 6.07) is 23.8. The Morgan fingerprint density at radius 3 is 2.11 bits per heavy atom. The van der Waals surface area contributed by atoms with Gasteiger partial charge in [0.25, 0.3) is 5.91 Å². The van der Waals surface area contributed by atoms with Crippen LogP contribution in [-0.2, 0) is 21.4 Å². The van der Waals surface area contributed by atoms with E-state index in [1.165, 1.54) is 24.1 Å². The third kappa shape index (κ3) is 5.35. The summed E-state index contributed by atoms with van der Waals surface area (Å²) in [4.78, 5) is 14.6. The lowest BCUT2D eigenvalue weighted by molar-refractivity contribution is -0.133. The smallest absolute Gasteiger partial charge is 0.253 e. The molecule has 1 heterocycles. The highest BCUT2D eigenvalue weighted by molar-refractivity contribution is 7.89. The molecule has 1 aliphatic heterocycles. The molecule has 0 unspecified atom stereocenters. The molecule has 3 aromatic rings. The predicted molar refractivity (Wildman–Crippen MR) is 135 cm³/mol. The van der Waals surface area contributed by atoms with E-state index in [9.17, 15) is 23.4 Å². The number of rotatable bonds is 8. The Kier molecular flexibility index (Phi) is 8.17. The van der Waals surface area contributed by atoms with Gasteiger partial charge in [0.2, 0.25) is 10.0 Å². The fourth-order valence-electron chi connectivity index (χ4n) is 4.50. The van der Waals surface area contributed by atoms with Gasteiger partial charge >= 0.3 is 0 Å². The summed E-state index contributed by atoms with van der Waals surface area (Å²) in [7, 11) is -2.54. The first-order valence-corrected chi connectivity index (χ1v) is 13.1. The molecule has 0 spiro atoms. The lowest BCUT2D eigenvalue weighted by atomic mass is 9.93. The van der Waals surface area contributed by atoms with Crippen LogP contribution in [0.3, 0.4) is 0 Å². The zero-order chi connectivity index (χ0) is 25.7. The summed E-state index contributed by atoms with van der Waals surface area (Å²) >= 11 is 0. The van der Waals surface area contributed by atoms with E-state index in [-0.39, 0.29) is 24.0 Å². The lowest BCUT2D eigenvalue weighted by Crippen LogP contribution is -2.68. The largest absolute Gasteiger partial charge is 0.395 e. The number of piperidine rings is 1. The summed E-state index contributed by atoms with van der Waals surface area (Å²) in [6.45, 7) is -0.670. The number of hydrogen-bond acceptors (Lipinski definition) is 6. The molecule has 0 aliphatic carbocycles. The average molecular weight is 511 g/mol. The fraction of sp³-hybridized carbons (Fsp3) is 0.296. The number of aliphatic hydroxyl groups excluding tert-OH is 2. The lowest BCUT2D eigenvalue weighted by Gasteiger charge is -2.48. The molecule has 0 radical (unpaired) electrons. The van der Waals surface area contributed by atoms with Gasteiger partial charge in [-0.3, -0.25) is 4.79 Å². The van der Waals surface area contributed by atoms with Gasteiger partial charge < -0.3 is 19.8 Å². The molecule has 2 N–H and O–H groups in total. The zero-order valence-electron chi connectivity index (χ0n) is 19.9. The number of hydrogen-bond donors (Lipinski definition) is 2. The minimum atomic E-state index is -4.08. The van der Waals surface area contributed by atoms with Gasteiger partial charge in [0.05, 0.1) is 30.2 Å². The van der Waals surface area contributed by atoms with Gasteiger partial charge in [-0.2, -0.15) is 4.31 Å². The van der Waals surface area contributed by atoms with Crippen molar-refractivity contribution in [2.24, 2.45) is 0 Å². The molecule has 1 amide bonds. The van der Waals surface area contributed by atoms with Crippen LogP contribution >= 0.6 is 0 Å². The van der Waals surface area contributed by atoms with Crippen LogP contribution in [0.2, 0.25) is 0 Å².